The van der Waals surface area contributed by atoms with Crippen LogP contribution in [0, 0.1) is 17.5 Å². The number of amides is 1. The summed E-state index contributed by atoms with van der Waals surface area (Å²) in [5, 5.41) is 8.82. The quantitative estimate of drug-likeness (QED) is 0.841. The van der Waals surface area contributed by atoms with Crippen molar-refractivity contribution in [2.75, 3.05) is 5.32 Å². The van der Waals surface area contributed by atoms with Crippen LogP contribution in [0.4, 0.5) is 19.0 Å². The zero-order valence-corrected chi connectivity index (χ0v) is 9.93. The number of aromatic nitrogens is 2. The first-order chi connectivity index (χ1) is 9.01. The summed E-state index contributed by atoms with van der Waals surface area (Å²) in [6.45, 7) is 1.89. The normalized spacial score (nSPS) is 10.5. The lowest BCUT2D eigenvalue weighted by atomic mass is 10.2. The van der Waals surface area contributed by atoms with Crippen molar-refractivity contribution in [3.8, 4) is 0 Å². The average Bonchev–Trinajstić information content (AvgIpc) is 2.83. The van der Waals surface area contributed by atoms with Crippen LogP contribution in [-0.4, -0.2) is 16.1 Å². The highest BCUT2D eigenvalue weighted by molar-refractivity contribution is 6.03. The summed E-state index contributed by atoms with van der Waals surface area (Å²) in [4.78, 5) is 11.7. The fraction of sp³-hybridized carbons (Fsp3) is 0.167. The molecule has 1 amide bonds. The second-order valence-corrected chi connectivity index (χ2v) is 3.84. The van der Waals surface area contributed by atoms with Gasteiger partial charge in [-0.25, -0.2) is 13.2 Å². The molecule has 0 fully saturated rings. The molecule has 2 N–H and O–H groups in total. The number of benzene rings is 1. The third-order valence-electron chi connectivity index (χ3n) is 2.50. The molecule has 19 heavy (non-hydrogen) atoms. The number of nitrogens with one attached hydrogen (secondary N) is 2. The molecule has 100 valence electrons. The number of H-pyrrole nitrogens is 1. The Morgan fingerprint density at radius 2 is 1.89 bits per heavy atom. The first kappa shape index (κ1) is 13.1. The maximum atomic E-state index is 13.0. The third kappa shape index (κ3) is 2.75. The summed E-state index contributed by atoms with van der Waals surface area (Å²) >= 11 is 0. The summed E-state index contributed by atoms with van der Waals surface area (Å²) in [6, 6.07) is 2.84. The van der Waals surface area contributed by atoms with Gasteiger partial charge in [0, 0.05) is 17.3 Å². The van der Waals surface area contributed by atoms with Gasteiger partial charge in [0.15, 0.2) is 23.3 Å². The van der Waals surface area contributed by atoms with Crippen molar-refractivity contribution in [3.63, 3.8) is 0 Å². The number of halogens is 3. The Morgan fingerprint density at radius 1 is 1.26 bits per heavy atom. The van der Waals surface area contributed by atoms with E-state index in [9.17, 15) is 18.0 Å². The molecule has 7 heteroatoms. The minimum atomic E-state index is -1.61. The highest BCUT2D eigenvalue weighted by atomic mass is 19.2. The Morgan fingerprint density at radius 3 is 2.42 bits per heavy atom. The Bertz CT molecular complexity index is 601. The van der Waals surface area contributed by atoms with E-state index in [-0.39, 0.29) is 11.4 Å². The van der Waals surface area contributed by atoms with E-state index in [0.29, 0.717) is 18.6 Å². The molecule has 0 radical (unpaired) electrons. The summed E-state index contributed by atoms with van der Waals surface area (Å²) in [6.07, 6.45) is 0.697. The van der Waals surface area contributed by atoms with Gasteiger partial charge in [0.1, 0.15) is 0 Å². The molecule has 4 nitrogen and oxygen atoms in total. The summed E-state index contributed by atoms with van der Waals surface area (Å²) in [5.74, 6) is -4.98. The van der Waals surface area contributed by atoms with E-state index in [1.165, 1.54) is 0 Å². The van der Waals surface area contributed by atoms with Gasteiger partial charge in [-0.2, -0.15) is 5.10 Å². The van der Waals surface area contributed by atoms with Crippen LogP contribution in [0.2, 0.25) is 0 Å². The monoisotopic (exact) mass is 269 g/mol. The van der Waals surface area contributed by atoms with Gasteiger partial charge in [-0.1, -0.05) is 6.92 Å². The zero-order valence-electron chi connectivity index (χ0n) is 9.93. The highest BCUT2D eigenvalue weighted by Crippen LogP contribution is 2.15. The summed E-state index contributed by atoms with van der Waals surface area (Å²) in [7, 11) is 0. The van der Waals surface area contributed by atoms with Gasteiger partial charge in [0.05, 0.1) is 0 Å². The van der Waals surface area contributed by atoms with E-state index in [2.05, 4.69) is 15.5 Å². The second-order valence-electron chi connectivity index (χ2n) is 3.84. The summed E-state index contributed by atoms with van der Waals surface area (Å²) in [5.41, 5.74) is 0.476. The number of aromatic amines is 1. The van der Waals surface area contributed by atoms with Crippen LogP contribution in [0.5, 0.6) is 0 Å². The van der Waals surface area contributed by atoms with Crippen LogP contribution in [0.1, 0.15) is 23.0 Å². The number of aryl methyl sites for hydroxylation is 1. The molecule has 0 aliphatic carbocycles. The Labute approximate surface area is 106 Å². The lowest BCUT2D eigenvalue weighted by molar-refractivity contribution is 0.102. The van der Waals surface area contributed by atoms with Gasteiger partial charge in [-0.05, 0) is 18.6 Å². The van der Waals surface area contributed by atoms with Crippen LogP contribution in [-0.2, 0) is 6.42 Å². The molecular weight excluding hydrogens is 259 g/mol. The predicted molar refractivity (Wildman–Crippen MR) is 62.2 cm³/mol. The fourth-order valence-corrected chi connectivity index (χ4v) is 1.48. The van der Waals surface area contributed by atoms with Crippen LogP contribution in [0.3, 0.4) is 0 Å². The van der Waals surface area contributed by atoms with E-state index >= 15 is 0 Å². The molecule has 0 saturated carbocycles. The van der Waals surface area contributed by atoms with Crippen molar-refractivity contribution in [3.05, 3.63) is 46.9 Å². The van der Waals surface area contributed by atoms with Gasteiger partial charge < -0.3 is 5.32 Å². The van der Waals surface area contributed by atoms with Crippen molar-refractivity contribution in [2.24, 2.45) is 0 Å². The van der Waals surface area contributed by atoms with Crippen LogP contribution in [0.15, 0.2) is 18.2 Å². The Hall–Kier alpha value is -2.31. The standard InChI is InChI=1S/C12H10F3N3O/c1-2-7-5-10(18-17-7)16-12(19)6-3-8(13)11(15)9(14)4-6/h3-5H,2H2,1H3,(H2,16,17,18,19). The molecule has 0 saturated heterocycles. The van der Waals surface area contributed by atoms with E-state index in [1.807, 2.05) is 6.92 Å². The summed E-state index contributed by atoms with van der Waals surface area (Å²) < 4.78 is 38.7. The molecule has 2 rings (SSSR count). The smallest absolute Gasteiger partial charge is 0.257 e. The van der Waals surface area contributed by atoms with Crippen LogP contribution < -0.4 is 5.32 Å². The van der Waals surface area contributed by atoms with Crippen molar-refractivity contribution in [1.29, 1.82) is 0 Å². The lowest BCUT2D eigenvalue weighted by Crippen LogP contribution is -2.13. The maximum absolute atomic E-state index is 13.0. The van der Waals surface area contributed by atoms with E-state index < -0.39 is 23.4 Å². The first-order valence-corrected chi connectivity index (χ1v) is 5.51. The average molecular weight is 269 g/mol. The maximum Gasteiger partial charge on any atom is 0.257 e. The van der Waals surface area contributed by atoms with Gasteiger partial charge in [-0.3, -0.25) is 9.89 Å². The molecule has 0 spiro atoms. The molecule has 0 atom stereocenters. The molecule has 1 aromatic heterocycles. The minimum absolute atomic E-state index is 0.229. The number of hydrogen-bond donors (Lipinski definition) is 2. The van der Waals surface area contributed by atoms with Crippen molar-refractivity contribution < 1.29 is 18.0 Å². The number of nitrogens with zero attached hydrogens (tertiary/aromatic N) is 1. The van der Waals surface area contributed by atoms with Crippen LogP contribution in [0.25, 0.3) is 0 Å². The van der Waals surface area contributed by atoms with Crippen molar-refractivity contribution in [2.45, 2.75) is 13.3 Å². The molecule has 1 heterocycles. The second kappa shape index (κ2) is 5.13. The molecule has 0 bridgehead atoms. The molecule has 2 aromatic rings. The van der Waals surface area contributed by atoms with Crippen molar-refractivity contribution in [1.82, 2.24) is 10.2 Å². The van der Waals surface area contributed by atoms with Gasteiger partial charge in [0.2, 0.25) is 0 Å². The Balaban J connectivity index is 2.20. The van der Waals surface area contributed by atoms with Crippen molar-refractivity contribution >= 4 is 11.7 Å². The van der Waals surface area contributed by atoms with E-state index in [4.69, 9.17) is 0 Å². The van der Waals surface area contributed by atoms with Gasteiger partial charge in [0.25, 0.3) is 5.91 Å². The molecule has 0 aliphatic rings. The zero-order chi connectivity index (χ0) is 14.0. The van der Waals surface area contributed by atoms with Gasteiger partial charge >= 0.3 is 0 Å². The van der Waals surface area contributed by atoms with E-state index in [1.54, 1.807) is 6.07 Å². The van der Waals surface area contributed by atoms with Gasteiger partial charge in [-0.15, -0.1) is 0 Å². The molecule has 0 unspecified atom stereocenters. The topological polar surface area (TPSA) is 57.8 Å². The lowest BCUT2D eigenvalue weighted by Gasteiger charge is -2.03. The molecular formula is C12H10F3N3O. The first-order valence-electron chi connectivity index (χ1n) is 5.51. The van der Waals surface area contributed by atoms with Crippen LogP contribution >= 0.6 is 0 Å². The fourth-order valence-electron chi connectivity index (χ4n) is 1.48. The number of anilines is 1. The number of carbonyl (C=O) groups is 1. The number of carbonyl (C=O) groups excluding carboxylic acids is 1. The van der Waals surface area contributed by atoms with E-state index in [0.717, 1.165) is 5.69 Å². The minimum Gasteiger partial charge on any atom is -0.305 e. The Kier molecular flexibility index (Phi) is 3.55. The number of hydrogen-bond acceptors (Lipinski definition) is 2. The molecule has 1 aromatic carbocycles. The predicted octanol–water partition coefficient (Wildman–Crippen LogP) is 2.64. The third-order valence-corrected chi connectivity index (χ3v) is 2.50. The largest absolute Gasteiger partial charge is 0.305 e. The molecule has 0 aliphatic heterocycles. The number of rotatable bonds is 3. The highest BCUT2D eigenvalue weighted by Gasteiger charge is 2.15. The SMILES string of the molecule is CCc1cc(NC(=O)c2cc(F)c(F)c(F)c2)n[nH]1.